The first kappa shape index (κ1) is 37.6. The number of aromatic nitrogens is 2. The van der Waals surface area contributed by atoms with Crippen molar-refractivity contribution in [1.29, 1.82) is 0 Å². The van der Waals surface area contributed by atoms with E-state index < -0.39 is 0 Å². The van der Waals surface area contributed by atoms with Crippen molar-refractivity contribution in [2.24, 2.45) is 0 Å². The Bertz CT molecular complexity index is 1950. The Morgan fingerprint density at radius 2 is 1.30 bits per heavy atom. The minimum Gasteiger partial charge on any atom is -0.493 e. The summed E-state index contributed by atoms with van der Waals surface area (Å²) in [7, 11) is 9.75. The van der Waals surface area contributed by atoms with Crippen molar-refractivity contribution >= 4 is 17.4 Å². The van der Waals surface area contributed by atoms with E-state index in [9.17, 15) is 0 Å². The van der Waals surface area contributed by atoms with Gasteiger partial charge in [0.15, 0.2) is 23.0 Å². The highest BCUT2D eigenvalue weighted by Crippen LogP contribution is 2.43. The molecule has 53 heavy (non-hydrogen) atoms. The van der Waals surface area contributed by atoms with Crippen LogP contribution in [0.1, 0.15) is 24.0 Å². The maximum absolute atomic E-state index is 5.69. The van der Waals surface area contributed by atoms with E-state index >= 15 is 0 Å². The number of piperidine rings is 1. The number of methoxy groups -OCH3 is 6. The molecular formula is C42H48N4O6S. The van der Waals surface area contributed by atoms with Gasteiger partial charge >= 0.3 is 0 Å². The number of pyridine rings is 2. The summed E-state index contributed by atoms with van der Waals surface area (Å²) in [4.78, 5) is 15.9. The molecule has 6 rings (SSSR count). The van der Waals surface area contributed by atoms with E-state index in [1.165, 1.54) is 16.1 Å². The van der Waals surface area contributed by atoms with Gasteiger partial charge in [-0.1, -0.05) is 12.1 Å². The zero-order valence-corrected chi connectivity index (χ0v) is 32.4. The molecule has 1 fully saturated rings. The van der Waals surface area contributed by atoms with Gasteiger partial charge in [-0.2, -0.15) is 0 Å². The topological polar surface area (TPSA) is 87.6 Å². The molecule has 0 aliphatic carbocycles. The summed E-state index contributed by atoms with van der Waals surface area (Å²) < 4.78 is 33.7. The molecule has 3 aromatic carbocycles. The lowest BCUT2D eigenvalue weighted by Crippen LogP contribution is -2.44. The molecule has 1 aliphatic heterocycles. The van der Waals surface area contributed by atoms with E-state index in [0.717, 1.165) is 60.6 Å². The molecule has 10 nitrogen and oxygen atoms in total. The van der Waals surface area contributed by atoms with Gasteiger partial charge in [-0.25, -0.2) is 0 Å². The van der Waals surface area contributed by atoms with E-state index in [1.807, 2.05) is 42.7 Å². The van der Waals surface area contributed by atoms with E-state index in [-0.39, 0.29) is 0 Å². The van der Waals surface area contributed by atoms with Crippen LogP contribution in [-0.4, -0.2) is 82.9 Å². The van der Waals surface area contributed by atoms with Gasteiger partial charge in [0.2, 0.25) is 11.5 Å². The molecule has 0 radical (unpaired) electrons. The fourth-order valence-electron chi connectivity index (χ4n) is 7.05. The van der Waals surface area contributed by atoms with Crippen LogP contribution in [0.15, 0.2) is 90.1 Å². The Labute approximate surface area is 317 Å². The third kappa shape index (κ3) is 8.42. The SMILES string of the molecule is COc1cc(-c2cc(CN3CCC(N(Cc4cccnc4-c4cc(OC)c(OC)c(OC)c4)c4cccc(SC)c4)CC3)ccn2)cc(OC)c1OC. The number of thioether (sulfide) groups is 1. The van der Waals surface area contributed by atoms with E-state index in [1.54, 1.807) is 54.4 Å². The van der Waals surface area contributed by atoms with Crippen LogP contribution < -0.4 is 33.3 Å². The van der Waals surface area contributed by atoms with Gasteiger partial charge in [0.1, 0.15) is 0 Å². The van der Waals surface area contributed by atoms with Crippen molar-refractivity contribution in [3.63, 3.8) is 0 Å². The highest BCUT2D eigenvalue weighted by atomic mass is 32.2. The molecule has 0 bridgehead atoms. The smallest absolute Gasteiger partial charge is 0.203 e. The average molecular weight is 737 g/mol. The zero-order chi connectivity index (χ0) is 37.3. The Balaban J connectivity index is 1.23. The number of benzene rings is 3. The zero-order valence-electron chi connectivity index (χ0n) is 31.5. The monoisotopic (exact) mass is 736 g/mol. The van der Waals surface area contributed by atoms with Crippen molar-refractivity contribution in [2.45, 2.75) is 36.9 Å². The van der Waals surface area contributed by atoms with E-state index in [0.29, 0.717) is 47.1 Å². The summed E-state index contributed by atoms with van der Waals surface area (Å²) in [5.41, 5.74) is 7.09. The second kappa shape index (κ2) is 17.6. The minimum absolute atomic E-state index is 0.337. The number of anilines is 1. The van der Waals surface area contributed by atoms with Crippen molar-refractivity contribution in [2.75, 3.05) is 66.9 Å². The summed E-state index contributed by atoms with van der Waals surface area (Å²) in [5, 5.41) is 0. The van der Waals surface area contributed by atoms with Crippen molar-refractivity contribution in [3.05, 3.63) is 96.3 Å². The van der Waals surface area contributed by atoms with Crippen molar-refractivity contribution in [3.8, 4) is 57.0 Å². The Morgan fingerprint density at radius 1 is 0.679 bits per heavy atom. The predicted molar refractivity (Wildman–Crippen MR) is 211 cm³/mol. The molecule has 1 saturated heterocycles. The average Bonchev–Trinajstić information content (AvgIpc) is 3.22. The van der Waals surface area contributed by atoms with Crippen LogP contribution in [0.4, 0.5) is 5.69 Å². The van der Waals surface area contributed by atoms with Gasteiger partial charge in [0, 0.05) is 66.3 Å². The van der Waals surface area contributed by atoms with Crippen LogP contribution in [0.5, 0.6) is 34.5 Å². The van der Waals surface area contributed by atoms with Gasteiger partial charge in [0.25, 0.3) is 0 Å². The fourth-order valence-corrected chi connectivity index (χ4v) is 7.51. The number of hydrogen-bond acceptors (Lipinski definition) is 11. The quantitative estimate of drug-likeness (QED) is 0.0974. The molecule has 2 aromatic heterocycles. The molecule has 0 amide bonds. The third-order valence-electron chi connectivity index (χ3n) is 9.74. The molecule has 0 saturated carbocycles. The molecule has 3 heterocycles. The molecule has 0 atom stereocenters. The molecule has 0 spiro atoms. The fraction of sp³-hybridized carbons (Fsp3) is 0.333. The summed E-state index contributed by atoms with van der Waals surface area (Å²) in [6.45, 7) is 3.48. The largest absolute Gasteiger partial charge is 0.493 e. The summed E-state index contributed by atoms with van der Waals surface area (Å²) >= 11 is 1.76. The third-order valence-corrected chi connectivity index (χ3v) is 10.5. The lowest BCUT2D eigenvalue weighted by atomic mass is 9.99. The summed E-state index contributed by atoms with van der Waals surface area (Å²) in [6, 6.07) is 25.4. The molecule has 0 unspecified atom stereocenters. The van der Waals surface area contributed by atoms with Gasteiger partial charge in [-0.05, 0) is 90.9 Å². The second-order valence-electron chi connectivity index (χ2n) is 12.7. The van der Waals surface area contributed by atoms with Gasteiger partial charge in [-0.3, -0.25) is 14.9 Å². The van der Waals surface area contributed by atoms with Crippen LogP contribution >= 0.6 is 11.8 Å². The standard InChI is InChI=1S/C42H48N4O6S/c1-47-36-21-30(22-37(48-2)41(36)51-5)35-20-28(13-17-43-35)26-45-18-14-32(15-19-45)46(33-11-8-12-34(25-33)53-7)27-29-10-9-16-44-40(29)31-23-38(49-3)42(52-6)39(24-31)50-4/h8-13,16-17,20-25,32H,14-15,18-19,26-27H2,1-7H3. The van der Waals surface area contributed by atoms with Crippen LogP contribution in [0.25, 0.3) is 22.5 Å². The number of hydrogen-bond donors (Lipinski definition) is 0. The normalized spacial score (nSPS) is 13.3. The first-order chi connectivity index (χ1) is 25.9. The molecule has 5 aromatic rings. The van der Waals surface area contributed by atoms with Gasteiger partial charge < -0.3 is 33.3 Å². The van der Waals surface area contributed by atoms with Crippen LogP contribution in [0.2, 0.25) is 0 Å². The van der Waals surface area contributed by atoms with Gasteiger partial charge in [-0.15, -0.1) is 11.8 Å². The maximum atomic E-state index is 5.69. The Morgan fingerprint density at radius 3 is 1.89 bits per heavy atom. The van der Waals surface area contributed by atoms with Crippen molar-refractivity contribution in [1.82, 2.24) is 14.9 Å². The number of likely N-dealkylation sites (tertiary alicyclic amines) is 1. The number of rotatable bonds is 15. The molecule has 1 aliphatic rings. The molecule has 11 heteroatoms. The van der Waals surface area contributed by atoms with E-state index in [2.05, 4.69) is 63.5 Å². The maximum Gasteiger partial charge on any atom is 0.203 e. The van der Waals surface area contributed by atoms with E-state index in [4.69, 9.17) is 33.4 Å². The Hall–Kier alpha value is -5.13. The lowest BCUT2D eigenvalue weighted by molar-refractivity contribution is 0.201. The molecular weight excluding hydrogens is 689 g/mol. The van der Waals surface area contributed by atoms with Crippen LogP contribution in [0.3, 0.4) is 0 Å². The van der Waals surface area contributed by atoms with Gasteiger partial charge in [0.05, 0.1) is 54.0 Å². The highest BCUT2D eigenvalue weighted by molar-refractivity contribution is 7.98. The lowest BCUT2D eigenvalue weighted by Gasteiger charge is -2.40. The number of ether oxygens (including phenoxy) is 6. The highest BCUT2D eigenvalue weighted by Gasteiger charge is 2.27. The van der Waals surface area contributed by atoms with Crippen LogP contribution in [-0.2, 0) is 13.1 Å². The van der Waals surface area contributed by atoms with Crippen LogP contribution in [0, 0.1) is 0 Å². The Kier molecular flexibility index (Phi) is 12.5. The summed E-state index contributed by atoms with van der Waals surface area (Å²) in [6.07, 6.45) is 7.88. The molecule has 278 valence electrons. The second-order valence-corrected chi connectivity index (χ2v) is 13.6. The number of nitrogens with zero attached hydrogens (tertiary/aromatic N) is 4. The first-order valence-electron chi connectivity index (χ1n) is 17.6. The van der Waals surface area contributed by atoms with Crippen molar-refractivity contribution < 1.29 is 28.4 Å². The molecule has 0 N–H and O–H groups in total. The summed E-state index contributed by atoms with van der Waals surface area (Å²) in [5.74, 6) is 3.52. The predicted octanol–water partition coefficient (Wildman–Crippen LogP) is 8.26. The first-order valence-corrected chi connectivity index (χ1v) is 18.8. The minimum atomic E-state index is 0.337.